The van der Waals surface area contributed by atoms with E-state index in [-0.39, 0.29) is 6.61 Å². The summed E-state index contributed by atoms with van der Waals surface area (Å²) in [5.74, 6) is 0.712. The van der Waals surface area contributed by atoms with Crippen LogP contribution in [0.3, 0.4) is 0 Å². The lowest BCUT2D eigenvalue weighted by Crippen LogP contribution is -2.35. The van der Waals surface area contributed by atoms with E-state index in [1.807, 2.05) is 18.2 Å². The van der Waals surface area contributed by atoms with Gasteiger partial charge in [-0.25, -0.2) is 4.79 Å². The summed E-state index contributed by atoms with van der Waals surface area (Å²) >= 11 is 0. The number of methoxy groups -OCH3 is 1. The van der Waals surface area contributed by atoms with E-state index < -0.39 is 18.2 Å². The Balaban J connectivity index is 1.78. The lowest BCUT2D eigenvalue weighted by Gasteiger charge is -2.30. The molecular weight excluding hydrogens is 284 g/mol. The fraction of sp³-hybridized carbons (Fsp3) is 0.235. The summed E-state index contributed by atoms with van der Waals surface area (Å²) in [5, 5.41) is 10.4. The fourth-order valence-corrected chi connectivity index (χ4v) is 2.41. The molecule has 5 heteroatoms. The number of fused-ring (bicyclic) bond motifs is 1. The molecule has 22 heavy (non-hydrogen) atoms. The van der Waals surface area contributed by atoms with Crippen LogP contribution in [0.4, 0.5) is 0 Å². The van der Waals surface area contributed by atoms with Crippen LogP contribution in [-0.4, -0.2) is 30.9 Å². The molecule has 0 saturated carbocycles. The first kappa shape index (κ1) is 14.4. The molecule has 5 nitrogen and oxygen atoms in total. The molecule has 0 amide bonds. The van der Waals surface area contributed by atoms with Gasteiger partial charge >= 0.3 is 5.97 Å². The second kappa shape index (κ2) is 6.07. The van der Waals surface area contributed by atoms with E-state index in [1.54, 1.807) is 30.3 Å². The summed E-state index contributed by atoms with van der Waals surface area (Å²) in [7, 11) is 1.32. The Morgan fingerprint density at radius 2 is 2.05 bits per heavy atom. The van der Waals surface area contributed by atoms with Crippen molar-refractivity contribution in [1.29, 1.82) is 0 Å². The minimum atomic E-state index is -0.785. The molecule has 0 spiro atoms. The Bertz CT molecular complexity index is 682. The quantitative estimate of drug-likeness (QED) is 0.881. The van der Waals surface area contributed by atoms with Crippen LogP contribution in [0.2, 0.25) is 0 Å². The predicted molar refractivity (Wildman–Crippen MR) is 79.1 cm³/mol. The molecule has 0 bridgehead atoms. The Labute approximate surface area is 128 Å². The van der Waals surface area contributed by atoms with Crippen LogP contribution < -0.4 is 9.47 Å². The lowest BCUT2D eigenvalue weighted by atomic mass is 10.0. The minimum Gasteiger partial charge on any atom is -0.489 e. The van der Waals surface area contributed by atoms with Crippen LogP contribution >= 0.6 is 0 Å². The van der Waals surface area contributed by atoms with Crippen LogP contribution in [0.25, 0.3) is 0 Å². The molecule has 2 unspecified atom stereocenters. The monoisotopic (exact) mass is 300 g/mol. The number of hydrogen-bond acceptors (Lipinski definition) is 5. The number of carbonyl (C=O) groups excluding carboxylic acids is 1. The van der Waals surface area contributed by atoms with Crippen molar-refractivity contribution in [3.05, 3.63) is 59.7 Å². The summed E-state index contributed by atoms with van der Waals surface area (Å²) < 4.78 is 16.1. The number of rotatable bonds is 3. The lowest BCUT2D eigenvalue weighted by molar-refractivity contribution is -0.0103. The van der Waals surface area contributed by atoms with Crippen molar-refractivity contribution in [1.82, 2.24) is 0 Å². The molecule has 1 aliphatic rings. The minimum absolute atomic E-state index is 0.237. The van der Waals surface area contributed by atoms with Crippen LogP contribution in [0, 0.1) is 0 Å². The number of hydrogen-bond donors (Lipinski definition) is 1. The molecule has 1 heterocycles. The van der Waals surface area contributed by atoms with Crippen LogP contribution in [-0.2, 0) is 4.74 Å². The first-order valence-electron chi connectivity index (χ1n) is 6.94. The first-order valence-corrected chi connectivity index (χ1v) is 6.94. The topological polar surface area (TPSA) is 65.0 Å². The van der Waals surface area contributed by atoms with Gasteiger partial charge in [-0.15, -0.1) is 0 Å². The molecule has 1 N–H and O–H groups in total. The number of aliphatic hydroxyl groups is 1. The third-order valence-corrected chi connectivity index (χ3v) is 3.54. The van der Waals surface area contributed by atoms with Crippen molar-refractivity contribution in [2.75, 3.05) is 13.7 Å². The molecular formula is C17H16O5. The Morgan fingerprint density at radius 1 is 1.23 bits per heavy atom. The average molecular weight is 300 g/mol. The summed E-state index contributed by atoms with van der Waals surface area (Å²) in [6.07, 6.45) is -1.32. The molecule has 2 aromatic carbocycles. The zero-order chi connectivity index (χ0) is 15.5. The predicted octanol–water partition coefficient (Wildman–Crippen LogP) is 2.35. The second-order valence-corrected chi connectivity index (χ2v) is 4.97. The van der Waals surface area contributed by atoms with Gasteiger partial charge in [0.1, 0.15) is 24.2 Å². The van der Waals surface area contributed by atoms with E-state index in [9.17, 15) is 9.90 Å². The van der Waals surface area contributed by atoms with Crippen molar-refractivity contribution in [3.8, 4) is 11.5 Å². The Kier molecular flexibility index (Phi) is 3.98. The molecule has 2 atom stereocenters. The van der Waals surface area contributed by atoms with Crippen molar-refractivity contribution in [2.24, 2.45) is 0 Å². The van der Waals surface area contributed by atoms with Gasteiger partial charge in [-0.2, -0.15) is 0 Å². The summed E-state index contributed by atoms with van der Waals surface area (Å²) in [4.78, 5) is 11.5. The van der Waals surface area contributed by atoms with Gasteiger partial charge in [0.15, 0.2) is 6.10 Å². The highest BCUT2D eigenvalue weighted by Gasteiger charge is 2.30. The third-order valence-electron chi connectivity index (χ3n) is 3.54. The number of carbonyl (C=O) groups is 1. The molecule has 0 fully saturated rings. The van der Waals surface area contributed by atoms with Crippen molar-refractivity contribution in [2.45, 2.75) is 12.2 Å². The number of ether oxygens (including phenoxy) is 3. The normalized spacial score (nSPS) is 19.7. The molecule has 0 saturated heterocycles. The molecule has 0 aromatic heterocycles. The van der Waals surface area contributed by atoms with Crippen LogP contribution in [0.15, 0.2) is 48.5 Å². The maximum atomic E-state index is 11.5. The molecule has 3 rings (SSSR count). The van der Waals surface area contributed by atoms with Crippen LogP contribution in [0.1, 0.15) is 22.0 Å². The second-order valence-electron chi connectivity index (χ2n) is 4.97. The van der Waals surface area contributed by atoms with Crippen LogP contribution in [0.5, 0.6) is 11.5 Å². The number of esters is 1. The number of para-hydroxylation sites is 1. The van der Waals surface area contributed by atoms with Crippen molar-refractivity contribution < 1.29 is 24.1 Å². The Morgan fingerprint density at radius 3 is 2.86 bits per heavy atom. The third kappa shape index (κ3) is 2.76. The van der Waals surface area contributed by atoms with E-state index in [4.69, 9.17) is 9.47 Å². The number of benzene rings is 2. The van der Waals surface area contributed by atoms with E-state index >= 15 is 0 Å². The van der Waals surface area contributed by atoms with Gasteiger partial charge in [0.05, 0.1) is 12.7 Å². The molecule has 2 aromatic rings. The van der Waals surface area contributed by atoms with E-state index in [0.717, 1.165) is 0 Å². The van der Waals surface area contributed by atoms with Gasteiger partial charge in [-0.05, 0) is 24.3 Å². The highest BCUT2D eigenvalue weighted by Crippen LogP contribution is 2.33. The fourth-order valence-electron chi connectivity index (χ4n) is 2.41. The number of aliphatic hydroxyl groups excluding tert-OH is 1. The van der Waals surface area contributed by atoms with E-state index in [2.05, 4.69) is 4.74 Å². The maximum absolute atomic E-state index is 11.5. The highest BCUT2D eigenvalue weighted by molar-refractivity contribution is 5.89. The van der Waals surface area contributed by atoms with Gasteiger partial charge in [-0.3, -0.25) is 0 Å². The molecule has 114 valence electrons. The average Bonchev–Trinajstić information content (AvgIpc) is 2.57. The zero-order valence-electron chi connectivity index (χ0n) is 12.1. The van der Waals surface area contributed by atoms with Gasteiger partial charge in [0, 0.05) is 5.56 Å². The summed E-state index contributed by atoms with van der Waals surface area (Å²) in [5.41, 5.74) is 1.09. The van der Waals surface area contributed by atoms with Gasteiger partial charge in [-0.1, -0.05) is 24.3 Å². The molecule has 0 aliphatic carbocycles. The van der Waals surface area contributed by atoms with Gasteiger partial charge in [0.2, 0.25) is 0 Å². The largest absolute Gasteiger partial charge is 0.489 e. The SMILES string of the molecule is COC(=O)c1cccc(OC2COc3ccccc3C2O)c1. The maximum Gasteiger partial charge on any atom is 0.337 e. The standard InChI is InChI=1S/C17H16O5/c1-20-17(19)11-5-4-6-12(9-11)22-15-10-21-14-8-3-2-7-13(14)16(15)18/h2-9,15-16,18H,10H2,1H3. The van der Waals surface area contributed by atoms with Gasteiger partial charge < -0.3 is 19.3 Å². The smallest absolute Gasteiger partial charge is 0.337 e. The van der Waals surface area contributed by atoms with Crippen molar-refractivity contribution in [3.63, 3.8) is 0 Å². The van der Waals surface area contributed by atoms with Crippen molar-refractivity contribution >= 4 is 5.97 Å². The first-order chi connectivity index (χ1) is 10.7. The highest BCUT2D eigenvalue weighted by atomic mass is 16.5. The summed E-state index contributed by atoms with van der Waals surface area (Å²) in [6.45, 7) is 0.237. The van der Waals surface area contributed by atoms with Gasteiger partial charge in [0.25, 0.3) is 0 Å². The molecule has 0 radical (unpaired) electrons. The van der Waals surface area contributed by atoms with E-state index in [1.165, 1.54) is 7.11 Å². The Hall–Kier alpha value is -2.53. The molecule has 1 aliphatic heterocycles. The summed E-state index contributed by atoms with van der Waals surface area (Å²) in [6, 6.07) is 14.0. The van der Waals surface area contributed by atoms with E-state index in [0.29, 0.717) is 22.6 Å². The zero-order valence-corrected chi connectivity index (χ0v) is 12.1.